The van der Waals surface area contributed by atoms with E-state index in [1.165, 1.54) is 5.56 Å². The maximum absolute atomic E-state index is 11.8. The first-order valence-corrected chi connectivity index (χ1v) is 6.85. The summed E-state index contributed by atoms with van der Waals surface area (Å²) in [6.45, 7) is 4.25. The molecule has 2 atom stereocenters. The molecule has 0 radical (unpaired) electrons. The van der Waals surface area contributed by atoms with Crippen LogP contribution in [0.2, 0.25) is 0 Å². The van der Waals surface area contributed by atoms with Crippen LogP contribution in [0.15, 0.2) is 24.5 Å². The van der Waals surface area contributed by atoms with Crippen LogP contribution in [-0.4, -0.2) is 17.1 Å². The lowest BCUT2D eigenvalue weighted by molar-refractivity contribution is -0.122. The maximum Gasteiger partial charge on any atom is 0.221 e. The number of rotatable bonds is 5. The fourth-order valence-corrected chi connectivity index (χ4v) is 2.15. The zero-order valence-electron chi connectivity index (χ0n) is 11.5. The lowest BCUT2D eigenvalue weighted by Crippen LogP contribution is -2.44. The molecule has 2 rings (SSSR count). The smallest absolute Gasteiger partial charge is 0.221 e. The van der Waals surface area contributed by atoms with E-state index in [1.807, 2.05) is 12.1 Å². The Hall–Kier alpha value is -1.46. The van der Waals surface area contributed by atoms with Gasteiger partial charge in [-0.15, -0.1) is 0 Å². The number of carbonyl (C=O) groups excluding carboxylic acids is 1. The highest BCUT2D eigenvalue weighted by Crippen LogP contribution is 2.20. The average molecular weight is 262 g/mol. The molecule has 1 saturated heterocycles. The number of nitrogens with zero attached hydrogens (tertiary/aromatic N) is 1. The van der Waals surface area contributed by atoms with Gasteiger partial charge in [0.05, 0.1) is 6.17 Å². The van der Waals surface area contributed by atoms with E-state index in [9.17, 15) is 4.79 Å². The highest BCUT2D eigenvalue weighted by molar-refractivity contribution is 5.76. The van der Waals surface area contributed by atoms with Gasteiger partial charge in [-0.2, -0.15) is 0 Å². The molecule has 0 saturated carbocycles. The third-order valence-electron chi connectivity index (χ3n) is 3.30. The summed E-state index contributed by atoms with van der Waals surface area (Å²) in [5, 5.41) is 3.01. The molecule has 0 aliphatic carbocycles. The van der Waals surface area contributed by atoms with E-state index < -0.39 is 0 Å². The van der Waals surface area contributed by atoms with Gasteiger partial charge in [-0.25, -0.2) is 10.9 Å². The molecule has 5 heteroatoms. The molecule has 2 unspecified atom stereocenters. The van der Waals surface area contributed by atoms with E-state index in [1.54, 1.807) is 12.4 Å². The van der Waals surface area contributed by atoms with E-state index >= 15 is 0 Å². The van der Waals surface area contributed by atoms with Crippen molar-refractivity contribution in [1.29, 1.82) is 0 Å². The fourth-order valence-electron chi connectivity index (χ4n) is 2.15. The molecule has 1 amide bonds. The molecule has 1 fully saturated rings. The fraction of sp³-hybridized carbons (Fsp3) is 0.571. The predicted octanol–water partition coefficient (Wildman–Crippen LogP) is 1.50. The molecule has 0 spiro atoms. The Labute approximate surface area is 114 Å². The topological polar surface area (TPSA) is 66.0 Å². The average Bonchev–Trinajstić information content (AvgIpc) is 2.86. The Morgan fingerprint density at radius 2 is 2.16 bits per heavy atom. The number of hydrogen-bond acceptors (Lipinski definition) is 4. The van der Waals surface area contributed by atoms with Gasteiger partial charge in [0, 0.05) is 31.3 Å². The monoisotopic (exact) mass is 262 g/mol. The van der Waals surface area contributed by atoms with Gasteiger partial charge in [0.25, 0.3) is 0 Å². The minimum atomic E-state index is -0.00201. The molecular formula is C14H22N4O. The van der Waals surface area contributed by atoms with E-state index in [2.05, 4.69) is 35.0 Å². The van der Waals surface area contributed by atoms with Crippen molar-refractivity contribution < 1.29 is 4.79 Å². The summed E-state index contributed by atoms with van der Waals surface area (Å²) in [5.74, 6) is 0.674. The molecule has 1 aliphatic rings. The lowest BCUT2D eigenvalue weighted by Gasteiger charge is -2.12. The maximum atomic E-state index is 11.8. The first kappa shape index (κ1) is 14.0. The minimum Gasteiger partial charge on any atom is -0.339 e. The second-order valence-electron chi connectivity index (χ2n) is 5.41. The van der Waals surface area contributed by atoms with Gasteiger partial charge < -0.3 is 5.32 Å². The molecule has 5 nitrogen and oxygen atoms in total. The van der Waals surface area contributed by atoms with Gasteiger partial charge >= 0.3 is 0 Å². The van der Waals surface area contributed by atoms with Crippen molar-refractivity contribution in [2.75, 3.05) is 0 Å². The quantitative estimate of drug-likeness (QED) is 0.752. The standard InChI is InChI=1S/C14H22N4O/c1-10(2)3-4-14(19)16-13-9-12(17-18-13)11-5-7-15-8-6-11/h5-8,10,12-13,17-18H,3-4,9H2,1-2H3,(H,16,19). The summed E-state index contributed by atoms with van der Waals surface area (Å²) >= 11 is 0. The summed E-state index contributed by atoms with van der Waals surface area (Å²) in [6.07, 6.45) is 5.93. The molecule has 0 bridgehead atoms. The number of amides is 1. The molecule has 1 aromatic rings. The normalized spacial score (nSPS) is 22.7. The van der Waals surface area contributed by atoms with E-state index in [-0.39, 0.29) is 18.1 Å². The molecule has 19 heavy (non-hydrogen) atoms. The number of hydrogen-bond donors (Lipinski definition) is 3. The Balaban J connectivity index is 1.78. The van der Waals surface area contributed by atoms with Crippen LogP contribution in [0.3, 0.4) is 0 Å². The Morgan fingerprint density at radius 1 is 1.42 bits per heavy atom. The van der Waals surface area contributed by atoms with Crippen LogP contribution in [0.25, 0.3) is 0 Å². The Kier molecular flexibility index (Phi) is 4.87. The minimum absolute atomic E-state index is 0.00201. The van der Waals surface area contributed by atoms with Crippen LogP contribution >= 0.6 is 0 Å². The molecule has 1 aliphatic heterocycles. The zero-order chi connectivity index (χ0) is 13.7. The van der Waals surface area contributed by atoms with Crippen molar-refractivity contribution in [3.8, 4) is 0 Å². The summed E-state index contributed by atoms with van der Waals surface area (Å²) in [5.41, 5.74) is 7.50. The van der Waals surface area contributed by atoms with E-state index in [4.69, 9.17) is 0 Å². The lowest BCUT2D eigenvalue weighted by atomic mass is 10.1. The number of carbonyl (C=O) groups is 1. The molecule has 2 heterocycles. The largest absolute Gasteiger partial charge is 0.339 e. The second kappa shape index (κ2) is 6.63. The zero-order valence-corrected chi connectivity index (χ0v) is 11.5. The first-order chi connectivity index (χ1) is 9.15. The number of pyridine rings is 1. The van der Waals surface area contributed by atoms with Crippen LogP contribution in [0.5, 0.6) is 0 Å². The van der Waals surface area contributed by atoms with Crippen LogP contribution in [-0.2, 0) is 4.79 Å². The van der Waals surface area contributed by atoms with Crippen molar-refractivity contribution in [2.45, 2.75) is 45.3 Å². The summed E-state index contributed by atoms with van der Waals surface area (Å²) in [4.78, 5) is 15.8. The number of aromatic nitrogens is 1. The highest BCUT2D eigenvalue weighted by Gasteiger charge is 2.25. The molecule has 0 aromatic carbocycles. The SMILES string of the molecule is CC(C)CCC(=O)NC1CC(c2ccncc2)NN1. The van der Waals surface area contributed by atoms with E-state index in [0.717, 1.165) is 12.8 Å². The van der Waals surface area contributed by atoms with Crippen LogP contribution in [0.4, 0.5) is 0 Å². The van der Waals surface area contributed by atoms with Gasteiger partial charge in [-0.1, -0.05) is 13.8 Å². The van der Waals surface area contributed by atoms with Gasteiger partial charge in [0.2, 0.25) is 5.91 Å². The molecule has 104 valence electrons. The van der Waals surface area contributed by atoms with Crippen molar-refractivity contribution in [1.82, 2.24) is 21.2 Å². The van der Waals surface area contributed by atoms with Gasteiger partial charge in [0.15, 0.2) is 0 Å². The number of nitrogens with one attached hydrogen (secondary N) is 3. The first-order valence-electron chi connectivity index (χ1n) is 6.85. The summed E-state index contributed by atoms with van der Waals surface area (Å²) < 4.78 is 0. The number of hydrazine groups is 1. The van der Waals surface area contributed by atoms with Crippen molar-refractivity contribution >= 4 is 5.91 Å². The van der Waals surface area contributed by atoms with Crippen molar-refractivity contribution in [3.63, 3.8) is 0 Å². The predicted molar refractivity (Wildman–Crippen MR) is 73.9 cm³/mol. The molecular weight excluding hydrogens is 240 g/mol. The highest BCUT2D eigenvalue weighted by atomic mass is 16.1. The van der Waals surface area contributed by atoms with Gasteiger partial charge in [-0.05, 0) is 30.0 Å². The van der Waals surface area contributed by atoms with Crippen LogP contribution < -0.4 is 16.2 Å². The second-order valence-corrected chi connectivity index (χ2v) is 5.41. The summed E-state index contributed by atoms with van der Waals surface area (Å²) in [7, 11) is 0. The summed E-state index contributed by atoms with van der Waals surface area (Å²) in [6, 6.07) is 4.20. The van der Waals surface area contributed by atoms with Crippen LogP contribution in [0.1, 0.15) is 44.7 Å². The Bertz CT molecular complexity index is 407. The third kappa shape index (κ3) is 4.29. The molecule has 3 N–H and O–H groups in total. The van der Waals surface area contributed by atoms with Crippen molar-refractivity contribution in [2.24, 2.45) is 5.92 Å². The third-order valence-corrected chi connectivity index (χ3v) is 3.30. The van der Waals surface area contributed by atoms with Crippen molar-refractivity contribution in [3.05, 3.63) is 30.1 Å². The van der Waals surface area contributed by atoms with E-state index in [0.29, 0.717) is 12.3 Å². The molecule has 1 aromatic heterocycles. The Morgan fingerprint density at radius 3 is 2.84 bits per heavy atom. The van der Waals surface area contributed by atoms with Gasteiger partial charge in [-0.3, -0.25) is 9.78 Å². The van der Waals surface area contributed by atoms with Crippen LogP contribution in [0, 0.1) is 5.92 Å². The van der Waals surface area contributed by atoms with Gasteiger partial charge in [0.1, 0.15) is 0 Å².